The minimum Gasteiger partial charge on any atom is -0.385 e. The molecule has 0 aliphatic heterocycles. The van der Waals surface area contributed by atoms with Crippen LogP contribution in [0.15, 0.2) is 24.3 Å². The maximum atomic E-state index is 10.3. The zero-order valence-electron chi connectivity index (χ0n) is 8.92. The fraction of sp³-hybridized carbons (Fsp3) is 0.500. The van der Waals surface area contributed by atoms with Gasteiger partial charge in [0.15, 0.2) is 0 Å². The molecule has 2 heteroatoms. The third-order valence-corrected chi connectivity index (χ3v) is 2.59. The molecule has 0 saturated carbocycles. The molecule has 0 aromatic heterocycles. The van der Waals surface area contributed by atoms with Crippen molar-refractivity contribution in [1.82, 2.24) is 0 Å². The number of rotatable bonds is 3. The molecule has 0 radical (unpaired) electrons. The third kappa shape index (κ3) is 2.73. The van der Waals surface area contributed by atoms with Crippen LogP contribution in [0.3, 0.4) is 0 Å². The van der Waals surface area contributed by atoms with Gasteiger partial charge in [-0.05, 0) is 25.3 Å². The molecule has 0 aliphatic carbocycles. The largest absolute Gasteiger partial charge is 0.385 e. The second-order valence-corrected chi connectivity index (χ2v) is 4.76. The minimum absolute atomic E-state index is 0.446. The minimum atomic E-state index is -0.827. The van der Waals surface area contributed by atoms with E-state index in [9.17, 15) is 5.11 Å². The highest BCUT2D eigenvalue weighted by atomic mass is 35.5. The van der Waals surface area contributed by atoms with Crippen molar-refractivity contribution >= 4 is 11.6 Å². The second-order valence-electron chi connectivity index (χ2n) is 4.35. The van der Waals surface area contributed by atoms with Crippen molar-refractivity contribution in [2.24, 2.45) is 5.92 Å². The predicted molar refractivity (Wildman–Crippen MR) is 60.5 cm³/mol. The monoisotopic (exact) mass is 212 g/mol. The van der Waals surface area contributed by atoms with E-state index in [1.54, 1.807) is 0 Å². The van der Waals surface area contributed by atoms with Crippen molar-refractivity contribution in [3.8, 4) is 0 Å². The van der Waals surface area contributed by atoms with Crippen LogP contribution in [0, 0.1) is 5.92 Å². The molecule has 0 saturated heterocycles. The lowest BCUT2D eigenvalue weighted by Crippen LogP contribution is -2.23. The van der Waals surface area contributed by atoms with Crippen molar-refractivity contribution in [2.45, 2.75) is 32.8 Å². The molecule has 0 spiro atoms. The predicted octanol–water partition coefficient (Wildman–Crippen LogP) is 3.59. The molecular weight excluding hydrogens is 196 g/mol. The van der Waals surface area contributed by atoms with Gasteiger partial charge in [-0.3, -0.25) is 0 Å². The summed E-state index contributed by atoms with van der Waals surface area (Å²) >= 11 is 6.03. The van der Waals surface area contributed by atoms with E-state index < -0.39 is 5.60 Å². The van der Waals surface area contributed by atoms with Crippen LogP contribution in [0.5, 0.6) is 0 Å². The summed E-state index contributed by atoms with van der Waals surface area (Å²) in [5.74, 6) is 0.446. The van der Waals surface area contributed by atoms with Crippen molar-refractivity contribution in [1.29, 1.82) is 0 Å². The smallest absolute Gasteiger partial charge is 0.0885 e. The molecule has 1 rings (SSSR count). The van der Waals surface area contributed by atoms with Crippen LogP contribution in [-0.4, -0.2) is 5.11 Å². The summed E-state index contributed by atoms with van der Waals surface area (Å²) in [7, 11) is 0. The van der Waals surface area contributed by atoms with Gasteiger partial charge >= 0.3 is 0 Å². The average molecular weight is 213 g/mol. The van der Waals surface area contributed by atoms with Gasteiger partial charge in [0.05, 0.1) is 5.60 Å². The number of benzene rings is 1. The molecule has 0 heterocycles. The molecule has 14 heavy (non-hydrogen) atoms. The summed E-state index contributed by atoms with van der Waals surface area (Å²) < 4.78 is 0. The van der Waals surface area contributed by atoms with E-state index in [2.05, 4.69) is 13.8 Å². The highest BCUT2D eigenvalue weighted by Crippen LogP contribution is 2.32. The summed E-state index contributed by atoms with van der Waals surface area (Å²) in [5.41, 5.74) is -0.0117. The SMILES string of the molecule is CC(C)CC(C)(O)c1ccccc1Cl. The van der Waals surface area contributed by atoms with E-state index in [0.29, 0.717) is 10.9 Å². The molecule has 0 amide bonds. The van der Waals surface area contributed by atoms with Gasteiger partial charge in [-0.25, -0.2) is 0 Å². The van der Waals surface area contributed by atoms with Crippen molar-refractivity contribution < 1.29 is 5.11 Å². The molecule has 0 fully saturated rings. The maximum Gasteiger partial charge on any atom is 0.0885 e. The number of aliphatic hydroxyl groups is 1. The molecule has 1 nitrogen and oxygen atoms in total. The summed E-state index contributed by atoms with van der Waals surface area (Å²) in [6, 6.07) is 7.46. The van der Waals surface area contributed by atoms with Crippen LogP contribution in [0.4, 0.5) is 0 Å². The van der Waals surface area contributed by atoms with Gasteiger partial charge < -0.3 is 5.11 Å². The van der Waals surface area contributed by atoms with Gasteiger partial charge in [-0.1, -0.05) is 43.6 Å². The topological polar surface area (TPSA) is 20.2 Å². The lowest BCUT2D eigenvalue weighted by molar-refractivity contribution is 0.0350. The molecule has 1 aromatic rings. The van der Waals surface area contributed by atoms with Crippen LogP contribution in [0.2, 0.25) is 5.02 Å². The van der Waals surface area contributed by atoms with Gasteiger partial charge in [-0.2, -0.15) is 0 Å². The standard InChI is InChI=1S/C12H17ClO/c1-9(2)8-12(3,14)10-6-4-5-7-11(10)13/h4-7,9,14H,8H2,1-3H3. The summed E-state index contributed by atoms with van der Waals surface area (Å²) in [6.45, 7) is 5.99. The Morgan fingerprint density at radius 1 is 1.36 bits per heavy atom. The summed E-state index contributed by atoms with van der Waals surface area (Å²) in [6.07, 6.45) is 0.719. The first-order valence-electron chi connectivity index (χ1n) is 4.91. The Balaban J connectivity index is 2.97. The van der Waals surface area contributed by atoms with Gasteiger partial charge in [-0.15, -0.1) is 0 Å². The summed E-state index contributed by atoms with van der Waals surface area (Å²) in [5, 5.41) is 10.9. The van der Waals surface area contributed by atoms with Crippen LogP contribution >= 0.6 is 11.6 Å². The van der Waals surface area contributed by atoms with Gasteiger partial charge in [0.2, 0.25) is 0 Å². The van der Waals surface area contributed by atoms with Crippen molar-refractivity contribution in [3.05, 3.63) is 34.9 Å². The van der Waals surface area contributed by atoms with E-state index in [0.717, 1.165) is 12.0 Å². The Morgan fingerprint density at radius 2 is 1.93 bits per heavy atom. The van der Waals surface area contributed by atoms with Crippen LogP contribution in [0.25, 0.3) is 0 Å². The molecule has 0 bridgehead atoms. The van der Waals surface area contributed by atoms with Gasteiger partial charge in [0, 0.05) is 10.6 Å². The van der Waals surface area contributed by atoms with Crippen LogP contribution in [-0.2, 0) is 5.60 Å². The Kier molecular flexibility index (Phi) is 3.57. The zero-order valence-corrected chi connectivity index (χ0v) is 9.67. The zero-order chi connectivity index (χ0) is 10.8. The fourth-order valence-electron chi connectivity index (χ4n) is 1.80. The highest BCUT2D eigenvalue weighted by molar-refractivity contribution is 6.31. The third-order valence-electron chi connectivity index (χ3n) is 2.26. The Hall–Kier alpha value is -0.530. The number of halogens is 1. The molecule has 1 N–H and O–H groups in total. The molecule has 0 aliphatic rings. The van der Waals surface area contributed by atoms with Crippen LogP contribution in [0.1, 0.15) is 32.8 Å². The van der Waals surface area contributed by atoms with E-state index in [1.165, 1.54) is 0 Å². The normalized spacial score (nSPS) is 15.6. The number of hydrogen-bond donors (Lipinski definition) is 1. The first-order valence-corrected chi connectivity index (χ1v) is 5.28. The average Bonchev–Trinajstić information content (AvgIpc) is 2.02. The van der Waals surface area contributed by atoms with Crippen LogP contribution < -0.4 is 0 Å². The lowest BCUT2D eigenvalue weighted by atomic mass is 9.87. The molecule has 1 aromatic carbocycles. The Bertz CT molecular complexity index is 305. The van der Waals surface area contributed by atoms with E-state index in [-0.39, 0.29) is 0 Å². The van der Waals surface area contributed by atoms with E-state index in [4.69, 9.17) is 11.6 Å². The van der Waals surface area contributed by atoms with Gasteiger partial charge in [0.25, 0.3) is 0 Å². The molecule has 1 unspecified atom stereocenters. The molecule has 1 atom stereocenters. The lowest BCUT2D eigenvalue weighted by Gasteiger charge is -2.26. The number of hydrogen-bond acceptors (Lipinski definition) is 1. The Labute approximate surface area is 90.7 Å². The fourth-order valence-corrected chi connectivity index (χ4v) is 2.14. The summed E-state index contributed by atoms with van der Waals surface area (Å²) in [4.78, 5) is 0. The van der Waals surface area contributed by atoms with Crippen molar-refractivity contribution in [2.75, 3.05) is 0 Å². The maximum absolute atomic E-state index is 10.3. The first kappa shape index (κ1) is 11.5. The second kappa shape index (κ2) is 4.33. The van der Waals surface area contributed by atoms with E-state index >= 15 is 0 Å². The van der Waals surface area contributed by atoms with Gasteiger partial charge in [0.1, 0.15) is 0 Å². The van der Waals surface area contributed by atoms with E-state index in [1.807, 2.05) is 31.2 Å². The van der Waals surface area contributed by atoms with Crippen molar-refractivity contribution in [3.63, 3.8) is 0 Å². The highest BCUT2D eigenvalue weighted by Gasteiger charge is 2.26. The molecular formula is C12H17ClO. The quantitative estimate of drug-likeness (QED) is 0.812. The molecule has 78 valence electrons. The Morgan fingerprint density at radius 3 is 2.43 bits per heavy atom. The first-order chi connectivity index (χ1) is 6.43.